The van der Waals surface area contributed by atoms with Gasteiger partial charge < -0.3 is 26.6 Å². The molecule has 17 heteroatoms. The van der Waals surface area contributed by atoms with Crippen LogP contribution in [-0.4, -0.2) is 97.0 Å². The van der Waals surface area contributed by atoms with Gasteiger partial charge in [-0.1, -0.05) is 79.2 Å². The molecule has 17 nitrogen and oxygen atoms in total. The number of nitrogens with two attached hydrogens (primary N) is 2. The normalized spacial score (nSPS) is 19.4. The summed E-state index contributed by atoms with van der Waals surface area (Å²) in [6.45, 7) is 0.280. The highest BCUT2D eigenvalue weighted by atomic mass is 16.2. The molecule has 1 aromatic heterocycles. The molecule has 0 bridgehead atoms. The van der Waals surface area contributed by atoms with Gasteiger partial charge in [0, 0.05) is 57.9 Å². The Labute approximate surface area is 370 Å². The zero-order chi connectivity index (χ0) is 45.5. The third kappa shape index (κ3) is 9.84. The molecule has 4 atom stereocenters. The number of aromatic nitrogens is 2. The van der Waals surface area contributed by atoms with E-state index in [4.69, 9.17) is 11.5 Å². The topological polar surface area (TPSA) is 232 Å². The predicted molar refractivity (Wildman–Crippen MR) is 236 cm³/mol. The largest absolute Gasteiger partial charge is 0.370 e. The zero-order valence-electron chi connectivity index (χ0n) is 35.9. The number of hydrogen-bond donors (Lipinski definition) is 4. The number of aryl methyl sites for hydroxylation is 2. The van der Waals surface area contributed by atoms with Crippen LogP contribution in [0.1, 0.15) is 93.0 Å². The number of unbranched alkanes of at least 4 members (excludes halogenated alkanes) is 2. The number of hydrogen-bond acceptors (Lipinski definition) is 9. The maximum Gasteiger partial charge on any atom is 0.329 e. The van der Waals surface area contributed by atoms with Gasteiger partial charge in [0.25, 0.3) is 0 Å². The first-order chi connectivity index (χ1) is 30.9. The summed E-state index contributed by atoms with van der Waals surface area (Å²) in [5.41, 5.74) is 16.3. The van der Waals surface area contributed by atoms with Gasteiger partial charge in [0.05, 0.1) is 17.1 Å². The van der Waals surface area contributed by atoms with Crippen LogP contribution in [0.3, 0.4) is 0 Å². The third-order valence-electron chi connectivity index (χ3n) is 12.5. The van der Waals surface area contributed by atoms with Gasteiger partial charge in [-0.05, 0) is 60.9 Å². The van der Waals surface area contributed by atoms with Crippen molar-refractivity contribution in [1.29, 1.82) is 0 Å². The van der Waals surface area contributed by atoms with E-state index < -0.39 is 54.0 Å². The van der Waals surface area contributed by atoms with Gasteiger partial charge in [0.15, 0.2) is 0 Å². The Balaban J connectivity index is 0.955. The van der Waals surface area contributed by atoms with Gasteiger partial charge in [-0.3, -0.25) is 52.9 Å². The summed E-state index contributed by atoms with van der Waals surface area (Å²) in [4.78, 5) is 109. The van der Waals surface area contributed by atoms with E-state index in [2.05, 4.69) is 10.6 Å². The Kier molecular flexibility index (Phi) is 14.2. The van der Waals surface area contributed by atoms with E-state index in [1.807, 2.05) is 84.9 Å². The molecule has 3 aliphatic rings. The van der Waals surface area contributed by atoms with Crippen molar-refractivity contribution >= 4 is 52.9 Å². The van der Waals surface area contributed by atoms with E-state index in [9.17, 15) is 38.4 Å². The van der Waals surface area contributed by atoms with E-state index >= 15 is 0 Å². The van der Waals surface area contributed by atoms with Crippen LogP contribution >= 0.6 is 0 Å². The standard InChI is InChI=1S/C47H55N9O8/c1-52-38-27-30(17-19-35(38)56(47(52)64)37-21-23-40(59)50-45(37)62)11-5-2-10-16-42(60)53-26-25-33-18-24-41(55(33)46(63)34(48)28-53)54(29-57)36(20-22-39(49)58)44(61)51-43(31-12-6-3-7-13-31)32-14-8-4-9-15-32/h3-4,6-9,12-15,17-19,27,29,34,36-37,41,43H,2,5,10-11,16,20-26,28,48H2,1H3,(H2,49,58)(H,51,61)(H,50,59,62)/t34-,36-,37?,41-/m0/s1. The number of piperidine rings is 1. The van der Waals surface area contributed by atoms with Crippen molar-refractivity contribution in [3.05, 3.63) is 118 Å². The van der Waals surface area contributed by atoms with Crippen molar-refractivity contribution in [2.45, 2.75) is 101 Å². The van der Waals surface area contributed by atoms with Crippen molar-refractivity contribution in [3.8, 4) is 0 Å². The van der Waals surface area contributed by atoms with Crippen LogP contribution in [0.2, 0.25) is 0 Å². The zero-order valence-corrected chi connectivity index (χ0v) is 35.9. The molecule has 64 heavy (non-hydrogen) atoms. The first-order valence-corrected chi connectivity index (χ1v) is 21.9. The van der Waals surface area contributed by atoms with Gasteiger partial charge in [0.2, 0.25) is 41.9 Å². The van der Waals surface area contributed by atoms with Crippen LogP contribution in [0.4, 0.5) is 0 Å². The molecule has 7 amide bonds. The molecule has 336 valence electrons. The second-order valence-corrected chi connectivity index (χ2v) is 16.7. The van der Waals surface area contributed by atoms with Crippen LogP contribution in [0, 0.1) is 0 Å². The number of carbonyl (C=O) groups excluding carboxylic acids is 7. The fourth-order valence-corrected chi connectivity index (χ4v) is 9.13. The van der Waals surface area contributed by atoms with E-state index in [1.54, 1.807) is 11.9 Å². The van der Waals surface area contributed by atoms with Crippen LogP contribution in [0.5, 0.6) is 0 Å². The Morgan fingerprint density at radius 2 is 1.61 bits per heavy atom. The number of nitrogens with one attached hydrogen (secondary N) is 2. The van der Waals surface area contributed by atoms with Crippen LogP contribution < -0.4 is 27.8 Å². The molecule has 2 fully saturated rings. The lowest BCUT2D eigenvalue weighted by atomic mass is 9.97. The maximum atomic E-state index is 14.3. The highest BCUT2D eigenvalue weighted by molar-refractivity contribution is 6.00. The fraction of sp³-hybridized carbons (Fsp3) is 0.404. The number of benzene rings is 3. The SMILES string of the molecule is Cn1c(=O)n(C2CCC(=O)NC2=O)c2ccc(CCCCCC(=O)N3CCC4=CC[C@@H](N(C=O)[C@@H](CCC(N)=O)C(=O)NC(c5ccccc5)c5ccccc5)N4C(=O)[C@@H](N)C3)cc21. The molecule has 0 aliphatic carbocycles. The molecular formula is C47H55N9O8. The number of imide groups is 1. The minimum atomic E-state index is -1.16. The maximum absolute atomic E-state index is 14.3. The molecule has 0 spiro atoms. The van der Waals surface area contributed by atoms with Gasteiger partial charge in [-0.25, -0.2) is 4.79 Å². The molecule has 1 unspecified atom stereocenters. The van der Waals surface area contributed by atoms with E-state index in [0.717, 1.165) is 29.5 Å². The first kappa shape index (κ1) is 45.2. The fourth-order valence-electron chi connectivity index (χ4n) is 9.13. The van der Waals surface area contributed by atoms with E-state index in [-0.39, 0.29) is 62.6 Å². The molecule has 6 N–H and O–H groups in total. The molecule has 2 saturated heterocycles. The third-order valence-corrected chi connectivity index (χ3v) is 12.5. The van der Waals surface area contributed by atoms with Crippen molar-refractivity contribution in [2.75, 3.05) is 13.1 Å². The summed E-state index contributed by atoms with van der Waals surface area (Å²) in [7, 11) is 1.66. The lowest BCUT2D eigenvalue weighted by molar-refractivity contribution is -0.147. The molecule has 4 aromatic rings. The summed E-state index contributed by atoms with van der Waals surface area (Å²) < 4.78 is 2.96. The van der Waals surface area contributed by atoms with Crippen molar-refractivity contribution in [2.24, 2.45) is 18.5 Å². The monoisotopic (exact) mass is 873 g/mol. The molecular weight excluding hydrogens is 819 g/mol. The van der Waals surface area contributed by atoms with E-state index in [0.29, 0.717) is 48.9 Å². The number of amides is 7. The number of rotatable bonds is 17. The minimum Gasteiger partial charge on any atom is -0.370 e. The lowest BCUT2D eigenvalue weighted by Gasteiger charge is -2.41. The molecule has 0 radical (unpaired) electrons. The molecule has 4 heterocycles. The Morgan fingerprint density at radius 3 is 2.27 bits per heavy atom. The van der Waals surface area contributed by atoms with Crippen LogP contribution in [0.25, 0.3) is 11.0 Å². The van der Waals surface area contributed by atoms with E-state index in [1.165, 1.54) is 18.9 Å². The van der Waals surface area contributed by atoms with Gasteiger partial charge >= 0.3 is 5.69 Å². The number of nitrogens with zero attached hydrogens (tertiary/aromatic N) is 5. The summed E-state index contributed by atoms with van der Waals surface area (Å²) in [6.07, 6.45) is 5.31. The number of primary amides is 1. The molecule has 7 rings (SSSR count). The summed E-state index contributed by atoms with van der Waals surface area (Å²) >= 11 is 0. The van der Waals surface area contributed by atoms with Crippen LogP contribution in [0.15, 0.2) is 95.4 Å². The molecule has 3 aliphatic heterocycles. The highest BCUT2D eigenvalue weighted by Gasteiger charge is 2.43. The molecule has 0 saturated carbocycles. The van der Waals surface area contributed by atoms with Crippen LogP contribution in [-0.2, 0) is 47.0 Å². The van der Waals surface area contributed by atoms with Crippen molar-refractivity contribution < 1.29 is 33.6 Å². The second-order valence-electron chi connectivity index (χ2n) is 16.7. The Bertz CT molecular complexity index is 2460. The average molecular weight is 874 g/mol. The number of fused-ring (bicyclic) bond motifs is 2. The summed E-state index contributed by atoms with van der Waals surface area (Å²) in [5.74, 6) is -2.60. The van der Waals surface area contributed by atoms with Crippen molar-refractivity contribution in [3.63, 3.8) is 0 Å². The Morgan fingerprint density at radius 1 is 0.906 bits per heavy atom. The Hall–Kier alpha value is -6.88. The number of carbonyl (C=O) groups is 7. The first-order valence-electron chi connectivity index (χ1n) is 21.9. The lowest BCUT2D eigenvalue weighted by Crippen LogP contribution is -2.60. The van der Waals surface area contributed by atoms with Gasteiger partial charge in [-0.15, -0.1) is 0 Å². The second kappa shape index (κ2) is 20.1. The predicted octanol–water partition coefficient (Wildman–Crippen LogP) is 2.42. The summed E-state index contributed by atoms with van der Waals surface area (Å²) in [5, 5.41) is 5.41. The van der Waals surface area contributed by atoms with Gasteiger partial charge in [-0.2, -0.15) is 0 Å². The van der Waals surface area contributed by atoms with Crippen molar-refractivity contribution in [1.82, 2.24) is 34.5 Å². The van der Waals surface area contributed by atoms with Gasteiger partial charge in [0.1, 0.15) is 24.3 Å². The number of imidazole rings is 1. The minimum absolute atomic E-state index is 0.0200. The smallest absolute Gasteiger partial charge is 0.329 e. The average Bonchev–Trinajstić information content (AvgIpc) is 3.81. The highest BCUT2D eigenvalue weighted by Crippen LogP contribution is 2.32. The molecule has 3 aromatic carbocycles. The summed E-state index contributed by atoms with van der Waals surface area (Å²) in [6, 6.07) is 20.9. The quantitative estimate of drug-likeness (QED) is 0.0693.